The zero-order valence-corrected chi connectivity index (χ0v) is 11.7. The molecule has 0 unspecified atom stereocenters. The third-order valence-corrected chi connectivity index (χ3v) is 4.56. The monoisotopic (exact) mass is 261 g/mol. The largest absolute Gasteiger partial charge is 0.388 e. The van der Waals surface area contributed by atoms with Crippen LogP contribution in [0.4, 0.5) is 0 Å². The summed E-state index contributed by atoms with van der Waals surface area (Å²) in [4.78, 5) is 0. The summed E-state index contributed by atoms with van der Waals surface area (Å²) >= 11 is 0. The lowest BCUT2D eigenvalue weighted by Crippen LogP contribution is -2.26. The quantitative estimate of drug-likeness (QED) is 0.711. The van der Waals surface area contributed by atoms with E-state index in [0.717, 1.165) is 0 Å². The molecular weight excluding hydrogens is 237 g/mol. The van der Waals surface area contributed by atoms with Crippen LogP contribution in [0.25, 0.3) is 0 Å². The molecule has 4 nitrogen and oxygen atoms in total. The van der Waals surface area contributed by atoms with E-state index >= 15 is 0 Å². The van der Waals surface area contributed by atoms with E-state index in [1.165, 1.54) is 37.9 Å². The molecule has 0 aliphatic heterocycles. The van der Waals surface area contributed by atoms with Gasteiger partial charge in [-0.25, -0.2) is 0 Å². The molecule has 0 bridgehead atoms. The Kier molecular flexibility index (Phi) is 6.86. The van der Waals surface area contributed by atoms with Crippen molar-refractivity contribution in [3.63, 3.8) is 0 Å². The van der Waals surface area contributed by atoms with Crippen molar-refractivity contribution in [1.82, 2.24) is 5.32 Å². The second-order valence-corrected chi connectivity index (χ2v) is 6.09. The maximum atomic E-state index is 12.1. The second kappa shape index (κ2) is 7.91. The molecule has 0 amide bonds. The van der Waals surface area contributed by atoms with E-state index in [0.29, 0.717) is 19.3 Å². The van der Waals surface area contributed by atoms with Gasteiger partial charge in [0.25, 0.3) is 0 Å². The number of hydrogen-bond acceptors (Lipinski definition) is 4. The van der Waals surface area contributed by atoms with Crippen LogP contribution in [0.1, 0.15) is 46.0 Å². The van der Waals surface area contributed by atoms with Crippen LogP contribution in [0.3, 0.4) is 0 Å². The van der Waals surface area contributed by atoms with Gasteiger partial charge in [0.1, 0.15) is 0 Å². The lowest BCUT2D eigenvalue weighted by atomic mass is 9.96. The topological polar surface area (TPSA) is 47.6 Å². The van der Waals surface area contributed by atoms with E-state index in [1.54, 1.807) is 6.20 Å². The maximum Gasteiger partial charge on any atom is 0.355 e. The second-order valence-electron chi connectivity index (χ2n) is 4.19. The van der Waals surface area contributed by atoms with Gasteiger partial charge < -0.3 is 14.4 Å². The third-order valence-electron chi connectivity index (χ3n) is 2.81. The normalized spacial score (nSPS) is 18.7. The SMILES string of the molecule is CCOP(=O)(/C=C/NC1CCCCC1)OCC. The first-order valence-corrected chi connectivity index (χ1v) is 8.14. The summed E-state index contributed by atoms with van der Waals surface area (Å²) in [7, 11) is -3.03. The summed E-state index contributed by atoms with van der Waals surface area (Å²) in [5.74, 6) is 1.54. The van der Waals surface area contributed by atoms with Gasteiger partial charge in [0, 0.05) is 18.1 Å². The lowest BCUT2D eigenvalue weighted by molar-refractivity contribution is 0.228. The van der Waals surface area contributed by atoms with Crippen LogP contribution in [0, 0.1) is 0 Å². The molecule has 5 heteroatoms. The molecule has 1 aliphatic carbocycles. The molecule has 0 heterocycles. The Bertz CT molecular complexity index is 265. The molecule has 0 radical (unpaired) electrons. The molecule has 0 atom stereocenters. The fourth-order valence-electron chi connectivity index (χ4n) is 2.02. The highest BCUT2D eigenvalue weighted by atomic mass is 31.2. The molecule has 1 fully saturated rings. The molecule has 1 aliphatic rings. The minimum absolute atomic E-state index is 0.394. The minimum Gasteiger partial charge on any atom is -0.388 e. The first-order valence-electron chi connectivity index (χ1n) is 6.52. The highest BCUT2D eigenvalue weighted by Crippen LogP contribution is 2.49. The first kappa shape index (κ1) is 14.7. The van der Waals surface area contributed by atoms with Crippen LogP contribution < -0.4 is 5.32 Å². The van der Waals surface area contributed by atoms with Gasteiger partial charge in [0.05, 0.1) is 13.2 Å². The molecule has 1 N–H and O–H groups in total. The van der Waals surface area contributed by atoms with Crippen molar-refractivity contribution >= 4 is 7.60 Å². The van der Waals surface area contributed by atoms with Crippen LogP contribution in [0.15, 0.2) is 12.0 Å². The van der Waals surface area contributed by atoms with Gasteiger partial charge in [0.2, 0.25) is 0 Å². The Hall–Kier alpha value is -0.310. The Labute approximate surface area is 104 Å². The molecule has 1 saturated carbocycles. The molecule has 100 valence electrons. The molecular formula is C12H24NO3P. The molecule has 0 aromatic rings. The first-order chi connectivity index (χ1) is 8.20. The van der Waals surface area contributed by atoms with Crippen molar-refractivity contribution in [3.05, 3.63) is 12.0 Å². The van der Waals surface area contributed by atoms with E-state index in [2.05, 4.69) is 5.32 Å². The number of hydrogen-bond donors (Lipinski definition) is 1. The summed E-state index contributed by atoms with van der Waals surface area (Å²) in [5, 5.41) is 3.28. The fraction of sp³-hybridized carbons (Fsp3) is 0.833. The van der Waals surface area contributed by atoms with Crippen LogP contribution in [0.2, 0.25) is 0 Å². The summed E-state index contributed by atoms with van der Waals surface area (Å²) in [5.41, 5.74) is 0. The average molecular weight is 261 g/mol. The molecule has 0 aromatic carbocycles. The Morgan fingerprint density at radius 2 is 1.76 bits per heavy atom. The van der Waals surface area contributed by atoms with Crippen molar-refractivity contribution in [2.24, 2.45) is 0 Å². The maximum absolute atomic E-state index is 12.1. The zero-order chi connectivity index (χ0) is 12.6. The van der Waals surface area contributed by atoms with Gasteiger partial charge >= 0.3 is 7.60 Å². The molecule has 1 rings (SSSR count). The van der Waals surface area contributed by atoms with Crippen molar-refractivity contribution in [1.29, 1.82) is 0 Å². The van der Waals surface area contributed by atoms with Gasteiger partial charge in [0.15, 0.2) is 0 Å². The van der Waals surface area contributed by atoms with E-state index in [1.807, 2.05) is 13.8 Å². The Morgan fingerprint density at radius 3 is 2.29 bits per heavy atom. The van der Waals surface area contributed by atoms with E-state index in [4.69, 9.17) is 9.05 Å². The van der Waals surface area contributed by atoms with Gasteiger partial charge in [-0.1, -0.05) is 19.3 Å². The zero-order valence-electron chi connectivity index (χ0n) is 10.9. The third kappa shape index (κ3) is 5.71. The molecule has 0 aromatic heterocycles. The highest BCUT2D eigenvalue weighted by molar-refractivity contribution is 7.57. The minimum atomic E-state index is -3.03. The van der Waals surface area contributed by atoms with Gasteiger partial charge in [-0.3, -0.25) is 4.57 Å². The van der Waals surface area contributed by atoms with Crippen LogP contribution in [0.5, 0.6) is 0 Å². The fourth-order valence-corrected chi connectivity index (χ4v) is 3.26. The Morgan fingerprint density at radius 1 is 1.18 bits per heavy atom. The summed E-state index contributed by atoms with van der Waals surface area (Å²) in [6.07, 6.45) is 8.01. The summed E-state index contributed by atoms with van der Waals surface area (Å²) < 4.78 is 22.4. The van der Waals surface area contributed by atoms with Crippen LogP contribution in [-0.4, -0.2) is 19.3 Å². The standard InChI is InChI=1S/C12H24NO3P/c1-3-15-17(14,16-4-2)11-10-13-12-8-6-5-7-9-12/h10-13H,3-9H2,1-2H3/b11-10+. The smallest absolute Gasteiger partial charge is 0.355 e. The van der Waals surface area contributed by atoms with Crippen LogP contribution in [-0.2, 0) is 13.6 Å². The molecule has 17 heavy (non-hydrogen) atoms. The van der Waals surface area contributed by atoms with E-state index < -0.39 is 7.60 Å². The van der Waals surface area contributed by atoms with E-state index in [-0.39, 0.29) is 0 Å². The Balaban J connectivity index is 2.40. The van der Waals surface area contributed by atoms with Crippen LogP contribution >= 0.6 is 7.60 Å². The lowest BCUT2D eigenvalue weighted by Gasteiger charge is -2.22. The van der Waals surface area contributed by atoms with Gasteiger partial charge in [-0.2, -0.15) is 0 Å². The van der Waals surface area contributed by atoms with E-state index in [9.17, 15) is 4.57 Å². The van der Waals surface area contributed by atoms with Crippen molar-refractivity contribution < 1.29 is 13.6 Å². The van der Waals surface area contributed by atoms with Crippen molar-refractivity contribution in [3.8, 4) is 0 Å². The van der Waals surface area contributed by atoms with Crippen molar-refractivity contribution in [2.45, 2.75) is 52.0 Å². The highest BCUT2D eigenvalue weighted by Gasteiger charge is 2.19. The molecule has 0 spiro atoms. The summed E-state index contributed by atoms with van der Waals surface area (Å²) in [6, 6.07) is 0.511. The summed E-state index contributed by atoms with van der Waals surface area (Å²) in [6.45, 7) is 4.41. The predicted molar refractivity (Wildman–Crippen MR) is 70.0 cm³/mol. The van der Waals surface area contributed by atoms with Gasteiger partial charge in [-0.05, 0) is 26.7 Å². The predicted octanol–water partition coefficient (Wildman–Crippen LogP) is 3.65. The molecule has 0 saturated heterocycles. The van der Waals surface area contributed by atoms with Gasteiger partial charge in [-0.15, -0.1) is 0 Å². The average Bonchev–Trinajstić information content (AvgIpc) is 2.31. The van der Waals surface area contributed by atoms with Crippen molar-refractivity contribution in [2.75, 3.05) is 13.2 Å². The number of nitrogens with one attached hydrogen (secondary N) is 1. The number of rotatable bonds is 7.